The monoisotopic (exact) mass is 235 g/mol. The van der Waals surface area contributed by atoms with Crippen LogP contribution in [-0.4, -0.2) is 6.61 Å². The van der Waals surface area contributed by atoms with Crippen molar-refractivity contribution in [2.45, 2.75) is 13.3 Å². The van der Waals surface area contributed by atoms with Gasteiger partial charge in [0, 0.05) is 0 Å². The van der Waals surface area contributed by atoms with E-state index in [0.717, 1.165) is 6.42 Å². The fourth-order valence-corrected chi connectivity index (χ4v) is 0.940. The maximum Gasteiger partial charge on any atom is 0.506 e. The molecule has 0 heterocycles. The average molecular weight is 235 g/mol. The molecule has 3 N–H and O–H groups in total. The fourth-order valence-electron chi connectivity index (χ4n) is 0.140. The average Bonchev–Trinajstić information content (AvgIpc) is 1.61. The highest BCUT2D eigenvalue weighted by molar-refractivity contribution is 4.12. The Balaban J connectivity index is 0. The van der Waals surface area contributed by atoms with Crippen molar-refractivity contribution in [3.8, 4) is 0 Å². The Kier molecular flexibility index (Phi) is 10.8. The summed E-state index contributed by atoms with van der Waals surface area (Å²) in [6.07, 6.45) is 0.762. The molecule has 0 aliphatic carbocycles. The van der Waals surface area contributed by atoms with Crippen LogP contribution in [-0.2, 0) is 3.07 Å². The van der Waals surface area contributed by atoms with Crippen LogP contribution < -0.4 is 34.1 Å². The molecule has 0 aromatic rings. The van der Waals surface area contributed by atoms with E-state index in [4.69, 9.17) is 0 Å². The van der Waals surface area contributed by atoms with Crippen molar-refractivity contribution in [1.82, 2.24) is 6.15 Å². The molecule has 52 valence electrons. The van der Waals surface area contributed by atoms with Crippen LogP contribution in [0.4, 0.5) is 0 Å². The molecule has 0 aliphatic rings. The first-order chi connectivity index (χ1) is 3.27. The van der Waals surface area contributed by atoms with E-state index in [1.54, 1.807) is 0 Å². The first kappa shape index (κ1) is 11.4. The molecule has 4 nitrogen and oxygen atoms in total. The van der Waals surface area contributed by atoms with E-state index in [1.807, 2.05) is 6.92 Å². The molecule has 0 rings (SSSR count). The highest BCUT2D eigenvalue weighted by Crippen LogP contribution is 1.66. The summed E-state index contributed by atoms with van der Waals surface area (Å²) in [5.41, 5.74) is 0. The molecule has 0 unspecified atom stereocenters. The van der Waals surface area contributed by atoms with E-state index in [1.165, 1.54) is 0 Å². The molecule has 0 spiro atoms. The van der Waals surface area contributed by atoms with Gasteiger partial charge in [-0.3, -0.25) is 0 Å². The van der Waals surface area contributed by atoms with Crippen molar-refractivity contribution in [1.29, 1.82) is 0 Å². The Morgan fingerprint density at radius 1 is 1.50 bits per heavy atom. The van der Waals surface area contributed by atoms with Gasteiger partial charge in [0.25, 0.3) is 0 Å². The maximum atomic E-state index is 9.66. The molecule has 0 fully saturated rings. The van der Waals surface area contributed by atoms with Crippen molar-refractivity contribution in [3.05, 3.63) is 0 Å². The van der Waals surface area contributed by atoms with Crippen molar-refractivity contribution in [2.75, 3.05) is 6.61 Å². The highest BCUT2D eigenvalue weighted by atomic mass is 127. The van der Waals surface area contributed by atoms with E-state index in [9.17, 15) is 6.87 Å². The summed E-state index contributed by atoms with van der Waals surface area (Å²) in [5, 5.41) is 0. The number of halogens is 1. The molecule has 0 bridgehead atoms. The van der Waals surface area contributed by atoms with Gasteiger partial charge in [-0.1, -0.05) is 6.92 Å². The number of hydrogen-bond acceptors (Lipinski definition) is 4. The molecule has 0 aromatic heterocycles. The third kappa shape index (κ3) is 9.76. The fraction of sp³-hybridized carbons (Fsp3) is 1.00. The van der Waals surface area contributed by atoms with E-state index >= 15 is 0 Å². The quantitative estimate of drug-likeness (QED) is 0.501. The van der Waals surface area contributed by atoms with Gasteiger partial charge < -0.3 is 13.0 Å². The molecule has 5 heteroatoms. The summed E-state index contributed by atoms with van der Waals surface area (Å²) in [7, 11) is 0. The minimum Gasteiger partial charge on any atom is -0.396 e. The summed E-state index contributed by atoms with van der Waals surface area (Å²) in [6, 6.07) is 0. The van der Waals surface area contributed by atoms with Crippen molar-refractivity contribution >= 4 is 0 Å². The van der Waals surface area contributed by atoms with Crippen LogP contribution in [0.5, 0.6) is 0 Å². The van der Waals surface area contributed by atoms with Gasteiger partial charge in [0.1, 0.15) is 6.61 Å². The Morgan fingerprint density at radius 2 is 2.00 bits per heavy atom. The molecule has 0 aromatic carbocycles. The van der Waals surface area contributed by atoms with Gasteiger partial charge in [0.2, 0.25) is 0 Å². The second-order valence-corrected chi connectivity index (χ2v) is 2.70. The highest BCUT2D eigenvalue weighted by Gasteiger charge is 2.07. The molecular weight excluding hydrogens is 225 g/mol. The number of rotatable bonds is 3. The Labute approximate surface area is 57.5 Å². The van der Waals surface area contributed by atoms with Gasteiger partial charge >= 0.3 is 21.1 Å². The lowest BCUT2D eigenvalue weighted by atomic mass is 10.5. The predicted molar refractivity (Wildman–Crippen MR) is 21.3 cm³/mol. The second-order valence-electron chi connectivity index (χ2n) is 1.00. The van der Waals surface area contributed by atoms with Gasteiger partial charge in [-0.05, 0) is 9.49 Å². The van der Waals surface area contributed by atoms with Crippen LogP contribution in [0.1, 0.15) is 13.3 Å². The van der Waals surface area contributed by atoms with Crippen molar-refractivity contribution < 1.29 is 31.0 Å². The zero-order valence-corrected chi connectivity index (χ0v) is 6.88. The van der Waals surface area contributed by atoms with Crippen LogP contribution in [0.25, 0.3) is 0 Å². The zero-order chi connectivity index (χ0) is 5.70. The Morgan fingerprint density at radius 3 is 2.12 bits per heavy atom. The van der Waals surface area contributed by atoms with Gasteiger partial charge in [0.05, 0.1) is 0 Å². The lowest BCUT2D eigenvalue weighted by molar-refractivity contribution is -1.63. The largest absolute Gasteiger partial charge is 0.506 e. The van der Waals surface area contributed by atoms with Gasteiger partial charge in [-0.25, -0.2) is 0 Å². The minimum absolute atomic E-state index is 0. The van der Waals surface area contributed by atoms with E-state index in [2.05, 4.69) is 3.07 Å². The van der Waals surface area contributed by atoms with Gasteiger partial charge in [-0.15, -0.1) is 0 Å². The molecule has 8 heavy (non-hydrogen) atoms. The molecule has 0 saturated carbocycles. The molecule has 0 aliphatic heterocycles. The van der Waals surface area contributed by atoms with Crippen LogP contribution in [0.3, 0.4) is 0 Å². The topological polar surface area (TPSA) is 90.3 Å². The lowest BCUT2D eigenvalue weighted by Gasteiger charge is -1.86. The predicted octanol–water partition coefficient (Wildman–Crippen LogP) is -4.33. The van der Waals surface area contributed by atoms with Gasteiger partial charge in [0.15, 0.2) is 0 Å². The second kappa shape index (κ2) is 7.57. The normalized spacial score (nSPS) is 9.00. The summed E-state index contributed by atoms with van der Waals surface area (Å²) < 4.78 is 23.6. The first-order valence-corrected chi connectivity index (χ1v) is 4.60. The molecule has 0 radical (unpaired) electrons. The summed E-state index contributed by atoms with van der Waals surface area (Å²) in [4.78, 5) is 0. The van der Waals surface area contributed by atoms with Crippen LogP contribution >= 0.6 is 0 Å². The molecule has 0 atom stereocenters. The smallest absolute Gasteiger partial charge is 0.396 e. The van der Waals surface area contributed by atoms with Crippen molar-refractivity contribution in [3.63, 3.8) is 0 Å². The molecular formula is C3H10INO3. The summed E-state index contributed by atoms with van der Waals surface area (Å²) in [5.74, 6) is 0. The SMILES string of the molecule is CCCO[I+2]([O-])[O-].N. The van der Waals surface area contributed by atoms with Crippen molar-refractivity contribution in [2.24, 2.45) is 0 Å². The minimum atomic E-state index is -3.33. The van der Waals surface area contributed by atoms with Gasteiger partial charge in [-0.2, -0.15) is 0 Å². The Hall–Kier alpha value is 0.570. The third-order valence-corrected chi connectivity index (χ3v) is 1.32. The number of hydrogen-bond donors (Lipinski definition) is 1. The molecule has 0 saturated heterocycles. The molecule has 0 amide bonds. The zero-order valence-electron chi connectivity index (χ0n) is 4.72. The van der Waals surface area contributed by atoms with Crippen LogP contribution in [0.2, 0.25) is 0 Å². The van der Waals surface area contributed by atoms with Crippen LogP contribution in [0.15, 0.2) is 0 Å². The van der Waals surface area contributed by atoms with E-state index in [-0.39, 0.29) is 6.15 Å². The Bertz CT molecular complexity index is 43.5. The summed E-state index contributed by atoms with van der Waals surface area (Å²) >= 11 is -3.33. The van der Waals surface area contributed by atoms with Crippen LogP contribution in [0, 0.1) is 0 Å². The maximum absolute atomic E-state index is 9.66. The standard InChI is InChI=1S/C3H7IO3.H3N/c1-2-3-7-4(5)6;/h2-3H2,1H3;1H3. The third-order valence-electron chi connectivity index (χ3n) is 0.370. The first-order valence-electron chi connectivity index (χ1n) is 1.96. The summed E-state index contributed by atoms with van der Waals surface area (Å²) in [6.45, 7) is 2.21. The van der Waals surface area contributed by atoms with E-state index < -0.39 is 21.1 Å². The van der Waals surface area contributed by atoms with E-state index in [0.29, 0.717) is 6.61 Å². The lowest BCUT2D eigenvalue weighted by Crippen LogP contribution is -3.99.